The lowest BCUT2D eigenvalue weighted by Gasteiger charge is -2.33. The maximum Gasteiger partial charge on any atom is 0.418 e. The van der Waals surface area contributed by atoms with E-state index in [1.165, 1.54) is 0 Å². The molecule has 2 aliphatic rings. The first-order valence-corrected chi connectivity index (χ1v) is 6.93. The number of rotatable bonds is 3. The summed E-state index contributed by atoms with van der Waals surface area (Å²) in [5.41, 5.74) is 0. The zero-order valence-electron chi connectivity index (χ0n) is 9.74. The van der Waals surface area contributed by atoms with Crippen LogP contribution in [0, 0.1) is 5.92 Å². The van der Waals surface area contributed by atoms with Crippen LogP contribution in [0.25, 0.3) is 0 Å². The van der Waals surface area contributed by atoms with Gasteiger partial charge in [0.2, 0.25) is 0 Å². The van der Waals surface area contributed by atoms with E-state index in [0.29, 0.717) is 18.9 Å². The monoisotopic (exact) mass is 264 g/mol. The zero-order chi connectivity index (χ0) is 12.8. The fourth-order valence-corrected chi connectivity index (χ4v) is 2.94. The third kappa shape index (κ3) is 2.38. The van der Waals surface area contributed by atoms with Crippen molar-refractivity contribution in [1.82, 2.24) is 9.96 Å². The van der Waals surface area contributed by atoms with E-state index in [2.05, 4.69) is 4.28 Å². The molecule has 98 valence electrons. The molecule has 1 unspecified atom stereocenters. The molecule has 7 nitrogen and oxygen atoms in total. The lowest BCUT2D eigenvalue weighted by Crippen LogP contribution is -2.43. The molecule has 2 atom stereocenters. The van der Waals surface area contributed by atoms with Gasteiger partial charge in [0.05, 0.1) is 6.04 Å². The highest BCUT2D eigenvalue weighted by Gasteiger charge is 2.47. The Labute approximate surface area is 100 Å². The largest absolute Gasteiger partial charge is 0.418 e. The zero-order valence-corrected chi connectivity index (χ0v) is 10.6. The molecule has 2 heterocycles. The van der Waals surface area contributed by atoms with Gasteiger partial charge in [0.1, 0.15) is 0 Å². The van der Waals surface area contributed by atoms with Crippen LogP contribution in [0.2, 0.25) is 0 Å². The van der Waals surface area contributed by atoms with Crippen LogP contribution in [-0.2, 0) is 14.7 Å². The molecule has 17 heavy (non-hydrogen) atoms. The minimum absolute atomic E-state index is 0.105. The number of urea groups is 1. The number of carbonyl (C=O) groups is 1. The molecule has 2 amide bonds. The lowest BCUT2D eigenvalue weighted by atomic mass is 9.92. The Hall–Kier alpha value is -0.860. The number of fused-ring (bicyclic) bond motifs is 2. The van der Waals surface area contributed by atoms with Crippen molar-refractivity contribution < 1.29 is 22.0 Å². The van der Waals surface area contributed by atoms with Crippen LogP contribution in [0.4, 0.5) is 4.79 Å². The van der Waals surface area contributed by atoms with Gasteiger partial charge in [0.15, 0.2) is 0 Å². The van der Waals surface area contributed by atoms with Crippen LogP contribution in [0.5, 0.6) is 0 Å². The van der Waals surface area contributed by atoms with E-state index in [1.54, 1.807) is 4.90 Å². The Kier molecular flexibility index (Phi) is 3.04. The van der Waals surface area contributed by atoms with Gasteiger partial charge in [-0.1, -0.05) is 13.8 Å². The molecule has 0 spiro atoms. The van der Waals surface area contributed by atoms with Crippen LogP contribution in [0.3, 0.4) is 0 Å². The van der Waals surface area contributed by atoms with Gasteiger partial charge in [-0.15, -0.1) is 4.28 Å². The van der Waals surface area contributed by atoms with Crippen LogP contribution in [0.15, 0.2) is 0 Å². The van der Waals surface area contributed by atoms with Crippen molar-refractivity contribution >= 4 is 16.4 Å². The number of carbonyl (C=O) groups excluding carboxylic acids is 1. The second-order valence-electron chi connectivity index (χ2n) is 4.81. The van der Waals surface area contributed by atoms with E-state index in [1.807, 2.05) is 13.8 Å². The lowest BCUT2D eigenvalue weighted by molar-refractivity contribution is -0.0317. The molecule has 0 aromatic carbocycles. The van der Waals surface area contributed by atoms with Crippen molar-refractivity contribution in [1.29, 1.82) is 0 Å². The molecule has 0 aromatic heterocycles. The van der Waals surface area contributed by atoms with E-state index in [4.69, 9.17) is 4.55 Å². The average Bonchev–Trinajstić information content (AvgIpc) is 2.42. The SMILES string of the molecule is CC(C)C1CC[C@@H]2CN1C(=O)N2OS(=O)(=O)O. The summed E-state index contributed by atoms with van der Waals surface area (Å²) < 4.78 is 34.3. The fraction of sp³-hybridized carbons (Fsp3) is 0.889. The van der Waals surface area contributed by atoms with E-state index in [-0.39, 0.29) is 12.1 Å². The molecule has 0 radical (unpaired) electrons. The Bertz CT molecular complexity index is 421. The summed E-state index contributed by atoms with van der Waals surface area (Å²) in [6, 6.07) is -0.669. The Balaban J connectivity index is 2.17. The van der Waals surface area contributed by atoms with Gasteiger partial charge in [-0.3, -0.25) is 4.55 Å². The summed E-state index contributed by atoms with van der Waals surface area (Å²) in [5.74, 6) is 0.311. The number of nitrogens with zero attached hydrogens (tertiary/aromatic N) is 2. The summed E-state index contributed by atoms with van der Waals surface area (Å²) >= 11 is 0. The van der Waals surface area contributed by atoms with Gasteiger partial charge >= 0.3 is 16.4 Å². The third-order valence-electron chi connectivity index (χ3n) is 3.31. The number of piperidine rings is 1. The first-order chi connectivity index (χ1) is 7.79. The molecule has 0 aromatic rings. The normalized spacial score (nSPS) is 29.3. The van der Waals surface area contributed by atoms with E-state index in [0.717, 1.165) is 11.5 Å². The van der Waals surface area contributed by atoms with Crippen molar-refractivity contribution in [2.45, 2.75) is 38.8 Å². The summed E-state index contributed by atoms with van der Waals surface area (Å²) in [7, 11) is -4.64. The van der Waals surface area contributed by atoms with Gasteiger partial charge in [0.25, 0.3) is 0 Å². The second-order valence-corrected chi connectivity index (χ2v) is 5.81. The minimum Gasteiger partial charge on any atom is -0.317 e. The highest BCUT2D eigenvalue weighted by molar-refractivity contribution is 7.80. The molecule has 2 rings (SSSR count). The molecule has 0 saturated carbocycles. The molecule has 1 N–H and O–H groups in total. The van der Waals surface area contributed by atoms with E-state index < -0.39 is 16.4 Å². The number of hydrogen-bond acceptors (Lipinski definition) is 4. The molecule has 2 aliphatic heterocycles. The summed E-state index contributed by atoms with van der Waals surface area (Å²) in [6.07, 6.45) is 1.50. The van der Waals surface area contributed by atoms with Crippen LogP contribution < -0.4 is 0 Å². The topological polar surface area (TPSA) is 87.2 Å². The highest BCUT2D eigenvalue weighted by Crippen LogP contribution is 2.33. The maximum atomic E-state index is 11.9. The minimum atomic E-state index is -4.64. The Morgan fingerprint density at radius 3 is 2.59 bits per heavy atom. The maximum absolute atomic E-state index is 11.9. The number of hydrogen-bond donors (Lipinski definition) is 1. The Morgan fingerprint density at radius 2 is 2.06 bits per heavy atom. The van der Waals surface area contributed by atoms with Gasteiger partial charge in [0, 0.05) is 12.6 Å². The van der Waals surface area contributed by atoms with Crippen molar-refractivity contribution in [3.63, 3.8) is 0 Å². The summed E-state index contributed by atoms with van der Waals surface area (Å²) in [5, 5.41) is 0.776. The third-order valence-corrected chi connectivity index (χ3v) is 3.66. The number of hydroxylamine groups is 2. The highest BCUT2D eigenvalue weighted by atomic mass is 32.3. The van der Waals surface area contributed by atoms with Crippen molar-refractivity contribution in [3.05, 3.63) is 0 Å². The van der Waals surface area contributed by atoms with E-state index in [9.17, 15) is 13.2 Å². The summed E-state index contributed by atoms with van der Waals surface area (Å²) in [6.45, 7) is 4.49. The average molecular weight is 264 g/mol. The summed E-state index contributed by atoms with van der Waals surface area (Å²) in [4.78, 5) is 13.5. The number of amides is 2. The van der Waals surface area contributed by atoms with Gasteiger partial charge in [-0.25, -0.2) is 4.79 Å². The first kappa shape index (κ1) is 12.6. The quantitative estimate of drug-likeness (QED) is 0.756. The predicted octanol–water partition coefficient (Wildman–Crippen LogP) is 0.645. The van der Waals surface area contributed by atoms with Gasteiger partial charge < -0.3 is 4.90 Å². The van der Waals surface area contributed by atoms with Crippen LogP contribution in [0.1, 0.15) is 26.7 Å². The Morgan fingerprint density at radius 1 is 1.41 bits per heavy atom. The van der Waals surface area contributed by atoms with Crippen LogP contribution in [-0.4, -0.2) is 47.6 Å². The second kappa shape index (κ2) is 4.11. The van der Waals surface area contributed by atoms with Gasteiger partial charge in [-0.2, -0.15) is 13.5 Å². The van der Waals surface area contributed by atoms with Gasteiger partial charge in [-0.05, 0) is 18.8 Å². The molecular formula is C9H16N2O5S. The van der Waals surface area contributed by atoms with Crippen molar-refractivity contribution in [2.24, 2.45) is 5.92 Å². The molecule has 2 saturated heterocycles. The molecule has 2 fully saturated rings. The molecular weight excluding hydrogens is 248 g/mol. The van der Waals surface area contributed by atoms with Crippen molar-refractivity contribution in [2.75, 3.05) is 6.54 Å². The van der Waals surface area contributed by atoms with Crippen LogP contribution >= 0.6 is 0 Å². The first-order valence-electron chi connectivity index (χ1n) is 5.56. The molecule has 8 heteroatoms. The standard InChI is InChI=1S/C9H16N2O5S/c1-6(2)8-4-3-7-5-10(8)9(12)11(7)16-17(13,14)15/h6-8H,3-5H2,1-2H3,(H,13,14,15)/t7-,8?/m1/s1. The predicted molar refractivity (Wildman–Crippen MR) is 58.2 cm³/mol. The molecule has 2 bridgehead atoms. The molecule has 0 aliphatic carbocycles. The fourth-order valence-electron chi connectivity index (χ4n) is 2.55. The van der Waals surface area contributed by atoms with Crippen molar-refractivity contribution in [3.8, 4) is 0 Å². The van der Waals surface area contributed by atoms with E-state index >= 15 is 0 Å². The smallest absolute Gasteiger partial charge is 0.317 e.